The molecular formula is C19H20ClNO3. The molecule has 0 saturated carbocycles. The fourth-order valence-corrected chi connectivity index (χ4v) is 2.66. The van der Waals surface area contributed by atoms with Gasteiger partial charge in [-0.3, -0.25) is 4.79 Å². The van der Waals surface area contributed by atoms with E-state index in [9.17, 15) is 14.7 Å². The van der Waals surface area contributed by atoms with Crippen LogP contribution in [0.25, 0.3) is 0 Å². The summed E-state index contributed by atoms with van der Waals surface area (Å²) >= 11 is 6.11. The van der Waals surface area contributed by atoms with Gasteiger partial charge in [0.1, 0.15) is 6.04 Å². The number of aliphatic carboxylic acids is 1. The number of rotatable bonds is 7. The number of amides is 1. The fourth-order valence-electron chi connectivity index (χ4n) is 2.45. The smallest absolute Gasteiger partial charge is 0.326 e. The number of nitrogens with one attached hydrogen (secondary N) is 1. The number of carboxylic acids is 1. The second-order valence-corrected chi connectivity index (χ2v) is 6.19. The molecule has 0 aliphatic carbocycles. The van der Waals surface area contributed by atoms with E-state index in [0.29, 0.717) is 11.4 Å². The van der Waals surface area contributed by atoms with E-state index in [-0.39, 0.29) is 18.2 Å². The molecule has 126 valence electrons. The topological polar surface area (TPSA) is 66.4 Å². The summed E-state index contributed by atoms with van der Waals surface area (Å²) in [6, 6.07) is 15.6. The summed E-state index contributed by atoms with van der Waals surface area (Å²) in [7, 11) is 0. The first-order valence-corrected chi connectivity index (χ1v) is 8.15. The highest BCUT2D eigenvalue weighted by atomic mass is 35.5. The van der Waals surface area contributed by atoms with Gasteiger partial charge in [-0.2, -0.15) is 0 Å². The Labute approximate surface area is 146 Å². The van der Waals surface area contributed by atoms with Crippen molar-refractivity contribution in [2.75, 3.05) is 0 Å². The number of carboxylic acid groups (broad SMARTS) is 1. The molecule has 2 rings (SSSR count). The fraction of sp³-hybridized carbons (Fsp3) is 0.263. The van der Waals surface area contributed by atoms with E-state index >= 15 is 0 Å². The van der Waals surface area contributed by atoms with Crippen LogP contribution in [-0.2, 0) is 22.4 Å². The Morgan fingerprint density at radius 2 is 1.67 bits per heavy atom. The number of hydrogen-bond donors (Lipinski definition) is 2. The zero-order chi connectivity index (χ0) is 17.5. The van der Waals surface area contributed by atoms with E-state index in [2.05, 4.69) is 5.32 Å². The molecule has 0 aromatic heterocycles. The summed E-state index contributed by atoms with van der Waals surface area (Å²) < 4.78 is 0. The molecule has 0 saturated heterocycles. The molecule has 0 aliphatic heterocycles. The molecular weight excluding hydrogens is 326 g/mol. The molecule has 0 radical (unpaired) electrons. The maximum atomic E-state index is 12.3. The van der Waals surface area contributed by atoms with Crippen molar-refractivity contribution >= 4 is 23.5 Å². The Bertz CT molecular complexity index is 703. The van der Waals surface area contributed by atoms with Gasteiger partial charge in [-0.15, -0.1) is 0 Å². The van der Waals surface area contributed by atoms with Crippen LogP contribution in [0.3, 0.4) is 0 Å². The average molecular weight is 346 g/mol. The zero-order valence-electron chi connectivity index (χ0n) is 13.4. The lowest BCUT2D eigenvalue weighted by Gasteiger charge is -2.18. The molecule has 1 amide bonds. The number of carbonyl (C=O) groups excluding carboxylic acids is 1. The van der Waals surface area contributed by atoms with Crippen LogP contribution in [-0.4, -0.2) is 23.0 Å². The molecule has 2 atom stereocenters. The maximum Gasteiger partial charge on any atom is 0.326 e. The van der Waals surface area contributed by atoms with Gasteiger partial charge in [0.25, 0.3) is 0 Å². The second kappa shape index (κ2) is 8.50. The predicted molar refractivity (Wildman–Crippen MR) is 94.0 cm³/mol. The van der Waals surface area contributed by atoms with Crippen molar-refractivity contribution in [2.24, 2.45) is 5.92 Å². The zero-order valence-corrected chi connectivity index (χ0v) is 14.2. The van der Waals surface area contributed by atoms with Crippen molar-refractivity contribution in [1.82, 2.24) is 5.32 Å². The van der Waals surface area contributed by atoms with Crippen molar-refractivity contribution < 1.29 is 14.7 Å². The molecule has 5 heteroatoms. The highest BCUT2D eigenvalue weighted by molar-refractivity contribution is 6.31. The minimum absolute atomic E-state index is 0.251. The highest BCUT2D eigenvalue weighted by Gasteiger charge is 2.23. The molecule has 2 aromatic rings. The predicted octanol–water partition coefficient (Wildman–Crippen LogP) is 3.33. The lowest BCUT2D eigenvalue weighted by atomic mass is 9.99. The van der Waals surface area contributed by atoms with E-state index in [1.54, 1.807) is 13.0 Å². The summed E-state index contributed by atoms with van der Waals surface area (Å²) in [4.78, 5) is 23.8. The standard InChI is InChI=1S/C19H20ClNO3/c1-13(11-15-9-5-6-10-16(15)20)18(22)21-17(19(23)24)12-14-7-3-2-4-8-14/h2-10,13,17H,11-12H2,1H3,(H,21,22)(H,23,24)/t13?,17-/m1/s1. The SMILES string of the molecule is CC(Cc1ccccc1Cl)C(=O)N[C@H](Cc1ccccc1)C(=O)O. The van der Waals surface area contributed by atoms with Crippen LogP contribution in [0.5, 0.6) is 0 Å². The third-order valence-electron chi connectivity index (χ3n) is 3.83. The third-order valence-corrected chi connectivity index (χ3v) is 4.20. The summed E-state index contributed by atoms with van der Waals surface area (Å²) in [5.41, 5.74) is 1.74. The minimum Gasteiger partial charge on any atom is -0.480 e. The van der Waals surface area contributed by atoms with Crippen molar-refractivity contribution in [2.45, 2.75) is 25.8 Å². The monoisotopic (exact) mass is 345 g/mol. The van der Waals surface area contributed by atoms with Gasteiger partial charge < -0.3 is 10.4 Å². The average Bonchev–Trinajstić information content (AvgIpc) is 2.57. The summed E-state index contributed by atoms with van der Waals surface area (Å²) in [6.45, 7) is 1.76. The molecule has 0 heterocycles. The molecule has 2 aromatic carbocycles. The number of halogens is 1. The van der Waals surface area contributed by atoms with Crippen LogP contribution in [0, 0.1) is 5.92 Å². The van der Waals surface area contributed by atoms with Crippen LogP contribution in [0.15, 0.2) is 54.6 Å². The summed E-state index contributed by atoms with van der Waals surface area (Å²) in [6.07, 6.45) is 0.712. The van der Waals surface area contributed by atoms with E-state index < -0.39 is 12.0 Å². The number of carbonyl (C=O) groups is 2. The van der Waals surface area contributed by atoms with Gasteiger partial charge in [0, 0.05) is 17.4 Å². The molecule has 24 heavy (non-hydrogen) atoms. The van der Waals surface area contributed by atoms with E-state index in [0.717, 1.165) is 11.1 Å². The van der Waals surface area contributed by atoms with Crippen molar-refractivity contribution in [3.63, 3.8) is 0 Å². The summed E-state index contributed by atoms with van der Waals surface area (Å²) in [5, 5.41) is 12.6. The molecule has 0 spiro atoms. The summed E-state index contributed by atoms with van der Waals surface area (Å²) in [5.74, 6) is -1.71. The quantitative estimate of drug-likeness (QED) is 0.808. The van der Waals surface area contributed by atoms with Gasteiger partial charge in [0.15, 0.2) is 0 Å². The molecule has 0 bridgehead atoms. The molecule has 0 aliphatic rings. The van der Waals surface area contributed by atoms with Crippen LogP contribution >= 0.6 is 11.6 Å². The molecule has 0 fully saturated rings. The lowest BCUT2D eigenvalue weighted by molar-refractivity contribution is -0.142. The van der Waals surface area contributed by atoms with Gasteiger partial charge in [-0.25, -0.2) is 4.79 Å². The Morgan fingerprint density at radius 3 is 2.29 bits per heavy atom. The Balaban J connectivity index is 1.99. The minimum atomic E-state index is -1.04. The first-order chi connectivity index (χ1) is 11.5. The van der Waals surface area contributed by atoms with Crippen molar-refractivity contribution in [3.05, 3.63) is 70.7 Å². The van der Waals surface area contributed by atoms with Gasteiger partial charge in [0.05, 0.1) is 0 Å². The van der Waals surface area contributed by atoms with Crippen LogP contribution in [0.2, 0.25) is 5.02 Å². The first-order valence-electron chi connectivity index (χ1n) is 7.78. The maximum absolute atomic E-state index is 12.3. The van der Waals surface area contributed by atoms with Crippen LogP contribution in [0.4, 0.5) is 0 Å². The van der Waals surface area contributed by atoms with Gasteiger partial charge >= 0.3 is 5.97 Å². The van der Waals surface area contributed by atoms with Crippen molar-refractivity contribution in [3.8, 4) is 0 Å². The van der Waals surface area contributed by atoms with Gasteiger partial charge in [-0.1, -0.05) is 67.1 Å². The van der Waals surface area contributed by atoms with E-state index in [1.807, 2.05) is 48.5 Å². The number of benzene rings is 2. The second-order valence-electron chi connectivity index (χ2n) is 5.79. The largest absolute Gasteiger partial charge is 0.480 e. The van der Waals surface area contributed by atoms with Gasteiger partial charge in [-0.05, 0) is 23.6 Å². The number of hydrogen-bond acceptors (Lipinski definition) is 2. The lowest BCUT2D eigenvalue weighted by Crippen LogP contribution is -2.44. The normalized spacial score (nSPS) is 13.1. The van der Waals surface area contributed by atoms with Crippen LogP contribution < -0.4 is 5.32 Å². The van der Waals surface area contributed by atoms with Crippen molar-refractivity contribution in [1.29, 1.82) is 0 Å². The molecule has 4 nitrogen and oxygen atoms in total. The highest BCUT2D eigenvalue weighted by Crippen LogP contribution is 2.19. The first kappa shape index (κ1) is 18.0. The molecule has 2 N–H and O–H groups in total. The Morgan fingerprint density at radius 1 is 1.04 bits per heavy atom. The van der Waals surface area contributed by atoms with E-state index in [1.165, 1.54) is 0 Å². The third kappa shape index (κ3) is 5.10. The van der Waals surface area contributed by atoms with E-state index in [4.69, 9.17) is 11.6 Å². The molecule has 1 unspecified atom stereocenters. The Hall–Kier alpha value is -2.33. The van der Waals surface area contributed by atoms with Crippen LogP contribution in [0.1, 0.15) is 18.1 Å². The Kier molecular flexibility index (Phi) is 6.38. The van der Waals surface area contributed by atoms with Gasteiger partial charge in [0.2, 0.25) is 5.91 Å².